The number of nitrogens with zero attached hydrogens (tertiary/aromatic N) is 3. The molecular formula is C19H17N3O. The van der Waals surface area contributed by atoms with Crippen molar-refractivity contribution in [2.45, 2.75) is 20.0 Å². The van der Waals surface area contributed by atoms with E-state index in [1.54, 1.807) is 0 Å². The van der Waals surface area contributed by atoms with E-state index < -0.39 is 0 Å². The van der Waals surface area contributed by atoms with Gasteiger partial charge in [-0.3, -0.25) is 0 Å². The lowest BCUT2D eigenvalue weighted by Gasteiger charge is -2.26. The van der Waals surface area contributed by atoms with Crippen molar-refractivity contribution in [1.29, 1.82) is 0 Å². The molecule has 1 atom stereocenters. The van der Waals surface area contributed by atoms with Gasteiger partial charge in [-0.25, -0.2) is 0 Å². The summed E-state index contributed by atoms with van der Waals surface area (Å²) in [6.07, 6.45) is 2.02. The van der Waals surface area contributed by atoms with Crippen LogP contribution in [0.3, 0.4) is 0 Å². The summed E-state index contributed by atoms with van der Waals surface area (Å²) in [5.41, 5.74) is 4.04. The molecule has 0 radical (unpaired) electrons. The summed E-state index contributed by atoms with van der Waals surface area (Å²) >= 11 is 0. The van der Waals surface area contributed by atoms with E-state index in [1.165, 1.54) is 5.56 Å². The van der Waals surface area contributed by atoms with Gasteiger partial charge in [0.05, 0.1) is 7.05 Å². The molecule has 1 aromatic heterocycles. The van der Waals surface area contributed by atoms with Crippen LogP contribution in [0.2, 0.25) is 0 Å². The second-order valence-corrected chi connectivity index (χ2v) is 5.98. The summed E-state index contributed by atoms with van der Waals surface area (Å²) in [7, 11) is 1.95. The monoisotopic (exact) mass is 303 g/mol. The number of benzene rings is 2. The van der Waals surface area contributed by atoms with Crippen molar-refractivity contribution in [2.75, 3.05) is 11.9 Å². The fourth-order valence-corrected chi connectivity index (χ4v) is 3.23. The number of hydrogen-bond donors (Lipinski definition) is 0. The van der Waals surface area contributed by atoms with Gasteiger partial charge in [0, 0.05) is 28.7 Å². The second-order valence-electron chi connectivity index (χ2n) is 5.98. The Kier molecular flexibility index (Phi) is 2.85. The molecule has 0 amide bonds. The fraction of sp³-hybridized carbons (Fsp3) is 0.211. The Morgan fingerprint density at radius 2 is 1.91 bits per heavy atom. The van der Waals surface area contributed by atoms with E-state index in [1.807, 2.05) is 36.3 Å². The molecule has 4 nitrogen and oxygen atoms in total. The first-order valence-corrected chi connectivity index (χ1v) is 7.62. The average Bonchev–Trinajstić information content (AvgIpc) is 3.05. The highest BCUT2D eigenvalue weighted by Crippen LogP contribution is 2.36. The van der Waals surface area contributed by atoms with Crippen molar-refractivity contribution in [3.63, 3.8) is 0 Å². The van der Waals surface area contributed by atoms with Crippen molar-refractivity contribution in [3.8, 4) is 0 Å². The maximum atomic E-state index is 7.30. The minimum atomic E-state index is 0.111. The normalized spacial score (nSPS) is 17.8. The van der Waals surface area contributed by atoms with Gasteiger partial charge in [0.25, 0.3) is 0 Å². The van der Waals surface area contributed by atoms with Gasteiger partial charge in [0.15, 0.2) is 6.17 Å². The Morgan fingerprint density at radius 1 is 1.13 bits per heavy atom. The first-order chi connectivity index (χ1) is 11.1. The lowest BCUT2D eigenvalue weighted by atomic mass is 10.1. The summed E-state index contributed by atoms with van der Waals surface area (Å²) in [4.78, 5) is 7.71. The SMILES string of the molecule is [C-]#[N+]C1=CN(c2cc3oc4ccccc4c3cc2C)[C@@H](C)N1C. The molecule has 0 fully saturated rings. The van der Waals surface area contributed by atoms with Crippen LogP contribution in [0.15, 0.2) is 52.8 Å². The van der Waals surface area contributed by atoms with Crippen molar-refractivity contribution in [2.24, 2.45) is 0 Å². The van der Waals surface area contributed by atoms with Crippen LogP contribution >= 0.6 is 0 Å². The van der Waals surface area contributed by atoms with Gasteiger partial charge in [-0.2, -0.15) is 0 Å². The Bertz CT molecular complexity index is 993. The highest BCUT2D eigenvalue weighted by atomic mass is 16.3. The molecule has 0 N–H and O–H groups in total. The Morgan fingerprint density at radius 3 is 2.65 bits per heavy atom. The zero-order valence-corrected chi connectivity index (χ0v) is 13.4. The summed E-state index contributed by atoms with van der Waals surface area (Å²) < 4.78 is 6.00. The molecule has 0 unspecified atom stereocenters. The van der Waals surface area contributed by atoms with Crippen molar-refractivity contribution < 1.29 is 4.42 Å². The Hall–Kier alpha value is -2.93. The number of para-hydroxylation sites is 1. The topological polar surface area (TPSA) is 24.0 Å². The Balaban J connectivity index is 1.92. The van der Waals surface area contributed by atoms with E-state index in [0.717, 1.165) is 27.6 Å². The second kappa shape index (κ2) is 4.79. The summed E-state index contributed by atoms with van der Waals surface area (Å²) in [6.45, 7) is 11.5. The van der Waals surface area contributed by atoms with Crippen LogP contribution < -0.4 is 4.90 Å². The number of fused-ring (bicyclic) bond motifs is 3. The quantitative estimate of drug-likeness (QED) is 0.608. The van der Waals surface area contributed by atoms with Crippen LogP contribution in [0.25, 0.3) is 26.8 Å². The fourth-order valence-electron chi connectivity index (χ4n) is 3.23. The number of hydrogen-bond acceptors (Lipinski definition) is 3. The first-order valence-electron chi connectivity index (χ1n) is 7.62. The molecular weight excluding hydrogens is 286 g/mol. The average molecular weight is 303 g/mol. The lowest BCUT2D eigenvalue weighted by Crippen LogP contribution is -2.34. The molecule has 3 aromatic rings. The van der Waals surface area contributed by atoms with E-state index >= 15 is 0 Å². The molecule has 0 bridgehead atoms. The van der Waals surface area contributed by atoms with E-state index in [4.69, 9.17) is 11.0 Å². The molecule has 0 spiro atoms. The van der Waals surface area contributed by atoms with Gasteiger partial charge in [-0.1, -0.05) is 24.8 Å². The third kappa shape index (κ3) is 1.90. The van der Waals surface area contributed by atoms with Gasteiger partial charge in [0.1, 0.15) is 11.2 Å². The van der Waals surface area contributed by atoms with Crippen LogP contribution in [-0.4, -0.2) is 18.1 Å². The van der Waals surface area contributed by atoms with Crippen molar-refractivity contribution >= 4 is 27.6 Å². The van der Waals surface area contributed by atoms with Crippen LogP contribution in [0.1, 0.15) is 12.5 Å². The maximum absolute atomic E-state index is 7.30. The zero-order chi connectivity index (χ0) is 16.1. The molecule has 0 saturated carbocycles. The highest BCUT2D eigenvalue weighted by molar-refractivity contribution is 6.06. The standard InChI is InChI=1S/C19H17N3O/c1-12-9-15-14-7-5-6-8-17(14)23-18(15)10-16(12)22-11-19(20-3)21(4)13(22)2/h5-11,13H,1-2,4H3/t13-/m0/s1. The van der Waals surface area contributed by atoms with Gasteiger partial charge in [-0.15, -0.1) is 0 Å². The van der Waals surface area contributed by atoms with E-state index in [9.17, 15) is 0 Å². The van der Waals surface area contributed by atoms with Gasteiger partial charge in [-0.05, 0) is 31.5 Å². The minimum absolute atomic E-state index is 0.111. The molecule has 2 heterocycles. The molecule has 114 valence electrons. The van der Waals surface area contributed by atoms with Crippen LogP contribution in [0, 0.1) is 13.5 Å². The molecule has 1 aliphatic rings. The summed E-state index contributed by atoms with van der Waals surface area (Å²) in [6, 6.07) is 12.4. The summed E-state index contributed by atoms with van der Waals surface area (Å²) in [5, 5.41) is 2.28. The third-order valence-electron chi connectivity index (χ3n) is 4.67. The largest absolute Gasteiger partial charge is 0.456 e. The molecule has 1 aliphatic heterocycles. The van der Waals surface area contributed by atoms with Gasteiger partial charge < -0.3 is 19.1 Å². The number of rotatable bonds is 1. The van der Waals surface area contributed by atoms with Crippen LogP contribution in [0.5, 0.6) is 0 Å². The molecule has 4 rings (SSSR count). The van der Waals surface area contributed by atoms with Crippen LogP contribution in [0.4, 0.5) is 5.69 Å². The number of aryl methyl sites for hydroxylation is 1. The molecule has 23 heavy (non-hydrogen) atoms. The first kappa shape index (κ1) is 13.7. The van der Waals surface area contributed by atoms with Crippen molar-refractivity contribution in [3.05, 3.63) is 65.4 Å². The molecule has 2 aromatic carbocycles. The molecule has 0 saturated heterocycles. The van der Waals surface area contributed by atoms with Gasteiger partial charge >= 0.3 is 0 Å². The van der Waals surface area contributed by atoms with E-state index in [-0.39, 0.29) is 6.17 Å². The van der Waals surface area contributed by atoms with E-state index in [2.05, 4.69) is 41.8 Å². The number of anilines is 1. The minimum Gasteiger partial charge on any atom is -0.456 e. The lowest BCUT2D eigenvalue weighted by molar-refractivity contribution is 0.365. The predicted molar refractivity (Wildman–Crippen MR) is 92.8 cm³/mol. The predicted octanol–water partition coefficient (Wildman–Crippen LogP) is 4.71. The van der Waals surface area contributed by atoms with Crippen molar-refractivity contribution in [1.82, 2.24) is 4.90 Å². The smallest absolute Gasteiger partial charge is 0.243 e. The molecule has 0 aliphatic carbocycles. The molecule has 4 heteroatoms. The zero-order valence-electron chi connectivity index (χ0n) is 13.4. The highest BCUT2D eigenvalue weighted by Gasteiger charge is 2.30. The Labute approximate surface area is 135 Å². The maximum Gasteiger partial charge on any atom is 0.243 e. The number of furan rings is 1. The van der Waals surface area contributed by atoms with Gasteiger partial charge in [0.2, 0.25) is 5.82 Å². The van der Waals surface area contributed by atoms with E-state index in [0.29, 0.717) is 5.82 Å². The summed E-state index contributed by atoms with van der Waals surface area (Å²) in [5.74, 6) is 0.654. The third-order valence-corrected chi connectivity index (χ3v) is 4.67. The van der Waals surface area contributed by atoms with Crippen LogP contribution in [-0.2, 0) is 0 Å².